The average Bonchev–Trinajstić information content (AvgIpc) is 3.96. The van der Waals surface area contributed by atoms with Crippen LogP contribution in [0, 0.1) is 0 Å². The molecular formula is C48H27N3O2. The molecule has 5 aromatic heterocycles. The largest absolute Gasteiger partial charge is 0.456 e. The zero-order chi connectivity index (χ0) is 34.4. The van der Waals surface area contributed by atoms with Gasteiger partial charge in [-0.2, -0.15) is 0 Å². The molecule has 0 saturated carbocycles. The van der Waals surface area contributed by atoms with E-state index >= 15 is 0 Å². The minimum absolute atomic E-state index is 0.873. The molecule has 0 amide bonds. The maximum Gasteiger partial charge on any atom is 0.135 e. The van der Waals surface area contributed by atoms with E-state index in [1.54, 1.807) is 0 Å². The number of nitrogens with zero attached hydrogens (tertiary/aromatic N) is 3. The maximum atomic E-state index is 6.28. The lowest BCUT2D eigenvalue weighted by atomic mass is 10.1. The predicted molar refractivity (Wildman–Crippen MR) is 219 cm³/mol. The lowest BCUT2D eigenvalue weighted by molar-refractivity contribution is 0.668. The van der Waals surface area contributed by atoms with Gasteiger partial charge in [-0.25, -0.2) is 0 Å². The van der Waals surface area contributed by atoms with Crippen LogP contribution in [0.2, 0.25) is 0 Å². The molecule has 13 rings (SSSR count). The van der Waals surface area contributed by atoms with Crippen LogP contribution < -0.4 is 4.90 Å². The molecule has 5 heteroatoms. The molecule has 13 aromatic rings. The van der Waals surface area contributed by atoms with Crippen LogP contribution in [0.1, 0.15) is 0 Å². The number of hydrogen-bond donors (Lipinski definition) is 0. The molecule has 0 aliphatic carbocycles. The fraction of sp³-hybridized carbons (Fsp3) is 0. The summed E-state index contributed by atoms with van der Waals surface area (Å²) in [7, 11) is 0. The Morgan fingerprint density at radius 3 is 1.30 bits per heavy atom. The number of benzene rings is 8. The van der Waals surface area contributed by atoms with Crippen molar-refractivity contribution in [3.05, 3.63) is 164 Å². The van der Waals surface area contributed by atoms with Gasteiger partial charge in [0.1, 0.15) is 22.3 Å². The van der Waals surface area contributed by atoms with E-state index in [9.17, 15) is 0 Å². The standard InChI is InChI=1S/C48H27N3O2/c1-5-13-39-31(9-1)35-20-21-36-32-10-2-6-14-40(32)51-42-27-30(17-22-41(42)50(39)47(35)48(36)51)49(28-18-23-45-37(25-28)33-11-3-7-15-43(33)52-45)29-19-24-46-38(26-29)34-12-4-8-16-44(34)53-46/h1-27H. The Morgan fingerprint density at radius 1 is 0.302 bits per heavy atom. The Morgan fingerprint density at radius 2 is 0.736 bits per heavy atom. The number of para-hydroxylation sites is 4. The van der Waals surface area contributed by atoms with Gasteiger partial charge >= 0.3 is 0 Å². The van der Waals surface area contributed by atoms with E-state index in [-0.39, 0.29) is 0 Å². The highest BCUT2D eigenvalue weighted by atomic mass is 16.3. The van der Waals surface area contributed by atoms with Crippen molar-refractivity contribution in [1.29, 1.82) is 0 Å². The number of furan rings is 2. The van der Waals surface area contributed by atoms with E-state index in [2.05, 4.69) is 153 Å². The molecule has 0 aliphatic heterocycles. The monoisotopic (exact) mass is 677 g/mol. The molecule has 0 aliphatic rings. The summed E-state index contributed by atoms with van der Waals surface area (Å²) in [5.74, 6) is 0. The summed E-state index contributed by atoms with van der Waals surface area (Å²) in [6.07, 6.45) is 0. The fourth-order valence-corrected chi connectivity index (χ4v) is 9.17. The first kappa shape index (κ1) is 27.5. The van der Waals surface area contributed by atoms with Gasteiger partial charge in [0.15, 0.2) is 0 Å². The minimum Gasteiger partial charge on any atom is -0.456 e. The van der Waals surface area contributed by atoms with Crippen LogP contribution in [-0.2, 0) is 0 Å². The summed E-state index contributed by atoms with van der Waals surface area (Å²) in [6.45, 7) is 0. The van der Waals surface area contributed by atoms with Gasteiger partial charge in [0.25, 0.3) is 0 Å². The lowest BCUT2D eigenvalue weighted by Gasteiger charge is -2.26. The van der Waals surface area contributed by atoms with Crippen LogP contribution in [0.25, 0.3) is 98.5 Å². The first-order valence-electron chi connectivity index (χ1n) is 18.0. The number of hydrogen-bond acceptors (Lipinski definition) is 3. The van der Waals surface area contributed by atoms with Gasteiger partial charge in [0.2, 0.25) is 0 Å². The van der Waals surface area contributed by atoms with Crippen molar-refractivity contribution < 1.29 is 8.83 Å². The Labute approximate surface area is 301 Å². The third-order valence-corrected chi connectivity index (χ3v) is 11.4. The molecule has 0 spiro atoms. The molecule has 0 atom stereocenters. The van der Waals surface area contributed by atoms with Crippen LogP contribution in [0.4, 0.5) is 17.1 Å². The smallest absolute Gasteiger partial charge is 0.135 e. The molecule has 0 fully saturated rings. The van der Waals surface area contributed by atoms with E-state index in [1.807, 2.05) is 24.3 Å². The zero-order valence-corrected chi connectivity index (χ0v) is 28.2. The summed E-state index contributed by atoms with van der Waals surface area (Å²) in [4.78, 5) is 2.37. The topological polar surface area (TPSA) is 38.3 Å². The average molecular weight is 678 g/mol. The highest BCUT2D eigenvalue weighted by molar-refractivity contribution is 6.25. The van der Waals surface area contributed by atoms with E-state index in [0.717, 1.165) is 72.0 Å². The number of aromatic nitrogens is 2. The van der Waals surface area contributed by atoms with Crippen molar-refractivity contribution in [3.63, 3.8) is 0 Å². The van der Waals surface area contributed by atoms with Crippen LogP contribution in [0.5, 0.6) is 0 Å². The van der Waals surface area contributed by atoms with E-state index in [0.29, 0.717) is 0 Å². The molecule has 0 bridgehead atoms. The summed E-state index contributed by atoms with van der Waals surface area (Å²) in [6, 6.07) is 58.8. The molecule has 246 valence electrons. The molecule has 53 heavy (non-hydrogen) atoms. The van der Waals surface area contributed by atoms with Crippen LogP contribution in [0.3, 0.4) is 0 Å². The van der Waals surface area contributed by atoms with Gasteiger partial charge in [0, 0.05) is 60.2 Å². The van der Waals surface area contributed by atoms with E-state index < -0.39 is 0 Å². The van der Waals surface area contributed by atoms with E-state index in [1.165, 1.54) is 43.6 Å². The van der Waals surface area contributed by atoms with E-state index in [4.69, 9.17) is 8.83 Å². The minimum atomic E-state index is 0.873. The highest BCUT2D eigenvalue weighted by Crippen LogP contribution is 2.45. The number of fused-ring (bicyclic) bond motifs is 15. The van der Waals surface area contributed by atoms with Crippen molar-refractivity contribution in [3.8, 4) is 0 Å². The van der Waals surface area contributed by atoms with Crippen molar-refractivity contribution >= 4 is 116 Å². The summed E-state index contributed by atoms with van der Waals surface area (Å²) >= 11 is 0. The van der Waals surface area contributed by atoms with Gasteiger partial charge in [-0.05, 0) is 78.9 Å². The molecule has 0 N–H and O–H groups in total. The van der Waals surface area contributed by atoms with Crippen molar-refractivity contribution in [1.82, 2.24) is 8.80 Å². The Bertz CT molecular complexity index is 3540. The van der Waals surface area contributed by atoms with Crippen LogP contribution >= 0.6 is 0 Å². The Balaban J connectivity index is 1.16. The second-order valence-electron chi connectivity index (χ2n) is 14.1. The van der Waals surface area contributed by atoms with Crippen LogP contribution in [-0.4, -0.2) is 8.80 Å². The number of rotatable bonds is 3. The summed E-state index contributed by atoms with van der Waals surface area (Å²) < 4.78 is 17.5. The summed E-state index contributed by atoms with van der Waals surface area (Å²) in [5.41, 5.74) is 13.9. The zero-order valence-electron chi connectivity index (χ0n) is 28.2. The van der Waals surface area contributed by atoms with Gasteiger partial charge in [0.05, 0.1) is 33.1 Å². The third kappa shape index (κ3) is 3.51. The van der Waals surface area contributed by atoms with Gasteiger partial charge in [-0.3, -0.25) is 0 Å². The molecule has 0 radical (unpaired) electrons. The quantitative estimate of drug-likeness (QED) is 0.175. The lowest BCUT2D eigenvalue weighted by Crippen LogP contribution is -2.10. The Kier molecular flexibility index (Phi) is 5.06. The fourth-order valence-electron chi connectivity index (χ4n) is 9.17. The summed E-state index contributed by atoms with van der Waals surface area (Å²) in [5, 5.41) is 9.44. The third-order valence-electron chi connectivity index (χ3n) is 11.4. The van der Waals surface area contributed by atoms with Gasteiger partial charge in [-0.15, -0.1) is 0 Å². The van der Waals surface area contributed by atoms with Gasteiger partial charge in [-0.1, -0.05) is 84.9 Å². The highest BCUT2D eigenvalue weighted by Gasteiger charge is 2.23. The molecule has 8 aromatic carbocycles. The van der Waals surface area contributed by atoms with Crippen molar-refractivity contribution in [2.24, 2.45) is 0 Å². The molecular weight excluding hydrogens is 651 g/mol. The normalized spacial score (nSPS) is 12.5. The molecule has 0 unspecified atom stereocenters. The second-order valence-corrected chi connectivity index (χ2v) is 14.1. The van der Waals surface area contributed by atoms with Crippen LogP contribution in [0.15, 0.2) is 173 Å². The molecule has 5 heterocycles. The first-order valence-corrected chi connectivity index (χ1v) is 18.0. The second kappa shape index (κ2) is 9.75. The predicted octanol–water partition coefficient (Wildman–Crippen LogP) is 13.5. The first-order chi connectivity index (χ1) is 26.3. The van der Waals surface area contributed by atoms with Gasteiger partial charge < -0.3 is 22.5 Å². The van der Waals surface area contributed by atoms with Crippen molar-refractivity contribution in [2.45, 2.75) is 0 Å². The van der Waals surface area contributed by atoms with Crippen molar-refractivity contribution in [2.75, 3.05) is 4.90 Å². The SMILES string of the molecule is c1ccc2c(c1)oc1ccc(N(c3ccc4oc5ccccc5c4c3)c3ccc4c(c3)n3c5ccccc5c5ccc6c7ccccc7n4c6c53)cc12. The Hall–Kier alpha value is -7.24. The maximum absolute atomic E-state index is 6.28. The molecule has 5 nitrogen and oxygen atoms in total. The molecule has 0 saturated heterocycles. The number of anilines is 3.